The number of likely N-dealkylation sites (N-methyl/N-ethyl adjacent to an activating group) is 1. The zero-order chi connectivity index (χ0) is 10.1. The van der Waals surface area contributed by atoms with E-state index in [-0.39, 0.29) is 6.03 Å². The lowest BCUT2D eigenvalue weighted by molar-refractivity contribution is 0.239. The molecule has 0 atom stereocenters. The molecule has 5 heteroatoms. The molecule has 5 nitrogen and oxygen atoms in total. The third-order valence-corrected chi connectivity index (χ3v) is 1.51. The fraction of sp³-hybridized carbons (Fsp3) is 0.875. The van der Waals surface area contributed by atoms with E-state index in [0.717, 1.165) is 13.0 Å². The molecular formula is C8H20N4O. The zero-order valence-corrected chi connectivity index (χ0v) is 8.47. The van der Waals surface area contributed by atoms with E-state index in [4.69, 9.17) is 5.73 Å². The van der Waals surface area contributed by atoms with Crippen LogP contribution in [0.25, 0.3) is 0 Å². The summed E-state index contributed by atoms with van der Waals surface area (Å²) in [6.07, 6.45) is 0.821. The molecule has 2 amide bonds. The number of nitrogens with two attached hydrogens (primary N) is 1. The van der Waals surface area contributed by atoms with E-state index in [2.05, 4.69) is 10.6 Å². The van der Waals surface area contributed by atoms with E-state index in [1.807, 2.05) is 19.0 Å². The van der Waals surface area contributed by atoms with Gasteiger partial charge in [0.05, 0.1) is 0 Å². The van der Waals surface area contributed by atoms with Gasteiger partial charge in [0.1, 0.15) is 0 Å². The van der Waals surface area contributed by atoms with Crippen molar-refractivity contribution in [3.8, 4) is 0 Å². The van der Waals surface area contributed by atoms with Gasteiger partial charge < -0.3 is 21.3 Å². The lowest BCUT2D eigenvalue weighted by Gasteiger charge is -2.10. The van der Waals surface area contributed by atoms with Crippen LogP contribution in [-0.4, -0.2) is 51.2 Å². The summed E-state index contributed by atoms with van der Waals surface area (Å²) in [6.45, 7) is 2.77. The van der Waals surface area contributed by atoms with Crippen LogP contribution in [0.4, 0.5) is 4.79 Å². The van der Waals surface area contributed by atoms with Crippen LogP contribution in [0.1, 0.15) is 6.42 Å². The van der Waals surface area contributed by atoms with Crippen molar-refractivity contribution in [1.82, 2.24) is 15.5 Å². The van der Waals surface area contributed by atoms with Gasteiger partial charge in [-0.15, -0.1) is 0 Å². The van der Waals surface area contributed by atoms with Crippen LogP contribution in [0.15, 0.2) is 0 Å². The van der Waals surface area contributed by atoms with E-state index in [1.165, 1.54) is 0 Å². The summed E-state index contributed by atoms with van der Waals surface area (Å²) in [5.74, 6) is 0. The highest BCUT2D eigenvalue weighted by atomic mass is 16.2. The number of rotatable bonds is 6. The standard InChI is InChI=1S/C8H20N4O/c1-12(2)7-6-11-8(13)10-5-3-4-9/h3-7,9H2,1-2H3,(H2,10,11,13). The Morgan fingerprint density at radius 1 is 1.31 bits per heavy atom. The van der Waals surface area contributed by atoms with E-state index >= 15 is 0 Å². The molecule has 0 bridgehead atoms. The zero-order valence-electron chi connectivity index (χ0n) is 8.47. The van der Waals surface area contributed by atoms with E-state index in [0.29, 0.717) is 19.6 Å². The molecule has 0 aliphatic heterocycles. The Morgan fingerprint density at radius 3 is 2.46 bits per heavy atom. The second-order valence-corrected chi connectivity index (χ2v) is 3.13. The number of amides is 2. The molecule has 0 aromatic rings. The highest BCUT2D eigenvalue weighted by Crippen LogP contribution is 1.73. The minimum atomic E-state index is -0.115. The van der Waals surface area contributed by atoms with Crippen molar-refractivity contribution in [2.75, 3.05) is 40.3 Å². The topological polar surface area (TPSA) is 70.4 Å². The molecule has 0 saturated heterocycles. The van der Waals surface area contributed by atoms with Crippen molar-refractivity contribution in [3.05, 3.63) is 0 Å². The summed E-state index contributed by atoms with van der Waals surface area (Å²) in [7, 11) is 3.93. The van der Waals surface area contributed by atoms with Gasteiger partial charge in [0.15, 0.2) is 0 Å². The summed E-state index contributed by atoms with van der Waals surface area (Å²) in [5.41, 5.74) is 5.28. The van der Waals surface area contributed by atoms with Gasteiger partial charge >= 0.3 is 6.03 Å². The molecule has 0 spiro atoms. The van der Waals surface area contributed by atoms with Crippen molar-refractivity contribution >= 4 is 6.03 Å². The minimum absolute atomic E-state index is 0.115. The molecule has 13 heavy (non-hydrogen) atoms. The van der Waals surface area contributed by atoms with Crippen LogP contribution in [0.2, 0.25) is 0 Å². The summed E-state index contributed by atoms with van der Waals surface area (Å²) in [4.78, 5) is 13.0. The van der Waals surface area contributed by atoms with Crippen LogP contribution < -0.4 is 16.4 Å². The van der Waals surface area contributed by atoms with Gasteiger partial charge in [0, 0.05) is 19.6 Å². The first-order valence-electron chi connectivity index (χ1n) is 4.53. The van der Waals surface area contributed by atoms with E-state index < -0.39 is 0 Å². The molecule has 0 heterocycles. The van der Waals surface area contributed by atoms with Crippen LogP contribution >= 0.6 is 0 Å². The molecule has 0 rings (SSSR count). The molecule has 0 aliphatic carbocycles. The summed E-state index contributed by atoms with van der Waals surface area (Å²) >= 11 is 0. The monoisotopic (exact) mass is 188 g/mol. The fourth-order valence-electron chi connectivity index (χ4n) is 0.760. The van der Waals surface area contributed by atoms with Crippen LogP contribution in [0.3, 0.4) is 0 Å². The maximum Gasteiger partial charge on any atom is 0.314 e. The molecule has 0 fully saturated rings. The molecule has 78 valence electrons. The lowest BCUT2D eigenvalue weighted by atomic mass is 10.4. The second kappa shape index (κ2) is 7.82. The van der Waals surface area contributed by atoms with Crippen molar-refractivity contribution in [2.45, 2.75) is 6.42 Å². The third-order valence-electron chi connectivity index (χ3n) is 1.51. The van der Waals surface area contributed by atoms with Gasteiger partial charge in [0.25, 0.3) is 0 Å². The smallest absolute Gasteiger partial charge is 0.314 e. The van der Waals surface area contributed by atoms with Crippen LogP contribution in [-0.2, 0) is 0 Å². The van der Waals surface area contributed by atoms with Crippen molar-refractivity contribution in [2.24, 2.45) is 5.73 Å². The summed E-state index contributed by atoms with van der Waals surface area (Å²) < 4.78 is 0. The number of urea groups is 1. The summed E-state index contributed by atoms with van der Waals surface area (Å²) in [6, 6.07) is -0.115. The summed E-state index contributed by atoms with van der Waals surface area (Å²) in [5, 5.41) is 5.45. The molecule has 0 aromatic carbocycles. The Balaban J connectivity index is 3.20. The normalized spacial score (nSPS) is 10.2. The van der Waals surface area contributed by atoms with Gasteiger partial charge in [-0.2, -0.15) is 0 Å². The molecule has 0 radical (unpaired) electrons. The number of nitrogens with one attached hydrogen (secondary N) is 2. The van der Waals surface area contributed by atoms with E-state index in [9.17, 15) is 4.79 Å². The first-order chi connectivity index (χ1) is 6.16. The molecule has 0 unspecified atom stereocenters. The van der Waals surface area contributed by atoms with E-state index in [1.54, 1.807) is 0 Å². The quantitative estimate of drug-likeness (QED) is 0.478. The number of nitrogens with zero attached hydrogens (tertiary/aromatic N) is 1. The highest BCUT2D eigenvalue weighted by molar-refractivity contribution is 5.73. The third kappa shape index (κ3) is 9.10. The predicted molar refractivity (Wildman–Crippen MR) is 53.6 cm³/mol. The maximum atomic E-state index is 11.0. The minimum Gasteiger partial charge on any atom is -0.338 e. The Kier molecular flexibility index (Phi) is 7.33. The lowest BCUT2D eigenvalue weighted by Crippen LogP contribution is -2.39. The number of hydrogen-bond acceptors (Lipinski definition) is 3. The Labute approximate surface area is 79.7 Å². The fourth-order valence-corrected chi connectivity index (χ4v) is 0.760. The SMILES string of the molecule is CN(C)CCNC(=O)NCCCN. The Bertz CT molecular complexity index is 138. The molecular weight excluding hydrogens is 168 g/mol. The van der Waals surface area contributed by atoms with Gasteiger partial charge in [-0.05, 0) is 27.1 Å². The van der Waals surface area contributed by atoms with Crippen molar-refractivity contribution < 1.29 is 4.79 Å². The van der Waals surface area contributed by atoms with Gasteiger partial charge in [-0.3, -0.25) is 0 Å². The van der Waals surface area contributed by atoms with Crippen molar-refractivity contribution in [3.63, 3.8) is 0 Å². The first-order valence-corrected chi connectivity index (χ1v) is 4.53. The number of hydrogen-bond donors (Lipinski definition) is 3. The molecule has 0 saturated carbocycles. The first kappa shape index (κ1) is 12.2. The van der Waals surface area contributed by atoms with Gasteiger partial charge in [-0.25, -0.2) is 4.79 Å². The molecule has 0 aromatic heterocycles. The van der Waals surface area contributed by atoms with Gasteiger partial charge in [-0.1, -0.05) is 0 Å². The number of carbonyl (C=O) groups is 1. The number of carbonyl (C=O) groups excluding carboxylic acids is 1. The van der Waals surface area contributed by atoms with Crippen LogP contribution in [0, 0.1) is 0 Å². The average Bonchev–Trinajstić information content (AvgIpc) is 2.04. The molecule has 4 N–H and O–H groups in total. The Morgan fingerprint density at radius 2 is 1.92 bits per heavy atom. The Hall–Kier alpha value is -0.810. The second-order valence-electron chi connectivity index (χ2n) is 3.13. The van der Waals surface area contributed by atoms with Crippen LogP contribution in [0.5, 0.6) is 0 Å². The maximum absolute atomic E-state index is 11.0. The largest absolute Gasteiger partial charge is 0.338 e. The highest BCUT2D eigenvalue weighted by Gasteiger charge is 1.97. The van der Waals surface area contributed by atoms with Gasteiger partial charge in [0.2, 0.25) is 0 Å². The predicted octanol–water partition coefficient (Wildman–Crippen LogP) is -0.804. The molecule has 0 aliphatic rings. The van der Waals surface area contributed by atoms with Crippen molar-refractivity contribution in [1.29, 1.82) is 0 Å². The average molecular weight is 188 g/mol.